The molecule has 0 spiro atoms. The van der Waals surface area contributed by atoms with Crippen LogP contribution >= 0.6 is 0 Å². The maximum absolute atomic E-state index is 12.9. The number of nitrogens with one attached hydrogen (secondary N) is 1. The van der Waals surface area contributed by atoms with E-state index >= 15 is 0 Å². The summed E-state index contributed by atoms with van der Waals surface area (Å²) in [5.74, 6) is -0.0252. The molecule has 2 saturated heterocycles. The molecule has 6 nitrogen and oxygen atoms in total. The van der Waals surface area contributed by atoms with Gasteiger partial charge in [0.25, 0.3) is 15.9 Å². The SMILES string of the molecule is Cc1ccc(NS(=O)(=O)c2ccc(C(=O)N3CCC(N4CCCC4)C3)cc2)cc1C. The number of amides is 1. The van der Waals surface area contributed by atoms with Gasteiger partial charge >= 0.3 is 0 Å². The largest absolute Gasteiger partial charge is 0.337 e. The highest BCUT2D eigenvalue weighted by atomic mass is 32.2. The van der Waals surface area contributed by atoms with Gasteiger partial charge in [-0.1, -0.05) is 6.07 Å². The molecule has 2 aromatic carbocycles. The molecule has 1 unspecified atom stereocenters. The van der Waals surface area contributed by atoms with Gasteiger partial charge in [0.15, 0.2) is 0 Å². The normalized spacial score (nSPS) is 19.9. The molecule has 7 heteroatoms. The van der Waals surface area contributed by atoms with Crippen LogP contribution in [0.15, 0.2) is 47.4 Å². The van der Waals surface area contributed by atoms with Gasteiger partial charge in [0.2, 0.25) is 0 Å². The van der Waals surface area contributed by atoms with E-state index in [1.54, 1.807) is 18.2 Å². The smallest absolute Gasteiger partial charge is 0.261 e. The average molecular weight is 428 g/mol. The highest BCUT2D eigenvalue weighted by Gasteiger charge is 2.32. The van der Waals surface area contributed by atoms with E-state index in [9.17, 15) is 13.2 Å². The van der Waals surface area contributed by atoms with Crippen LogP contribution in [-0.4, -0.2) is 56.3 Å². The summed E-state index contributed by atoms with van der Waals surface area (Å²) in [6.45, 7) is 7.71. The topological polar surface area (TPSA) is 69.7 Å². The molecule has 1 N–H and O–H groups in total. The minimum Gasteiger partial charge on any atom is -0.337 e. The maximum atomic E-state index is 12.9. The van der Waals surface area contributed by atoms with Crippen LogP contribution in [0.2, 0.25) is 0 Å². The molecule has 2 fully saturated rings. The Labute approximate surface area is 178 Å². The predicted octanol–water partition coefficient (Wildman–Crippen LogP) is 3.41. The van der Waals surface area contributed by atoms with Crippen LogP contribution < -0.4 is 4.72 Å². The van der Waals surface area contributed by atoms with Gasteiger partial charge in [0.1, 0.15) is 0 Å². The fraction of sp³-hybridized carbons (Fsp3) is 0.435. The summed E-state index contributed by atoms with van der Waals surface area (Å²) in [4.78, 5) is 17.4. The highest BCUT2D eigenvalue weighted by molar-refractivity contribution is 7.92. The number of hydrogen-bond acceptors (Lipinski definition) is 4. The average Bonchev–Trinajstić information content (AvgIpc) is 3.42. The molecule has 2 aliphatic heterocycles. The molecule has 0 aromatic heterocycles. The van der Waals surface area contributed by atoms with Crippen molar-refractivity contribution in [2.45, 2.75) is 44.0 Å². The molecule has 1 atom stereocenters. The minimum absolute atomic E-state index is 0.0252. The summed E-state index contributed by atoms with van der Waals surface area (Å²) in [6.07, 6.45) is 3.51. The quantitative estimate of drug-likeness (QED) is 0.794. The first kappa shape index (κ1) is 20.9. The zero-order valence-corrected chi connectivity index (χ0v) is 18.4. The Morgan fingerprint density at radius 2 is 1.67 bits per heavy atom. The first-order valence-electron chi connectivity index (χ1n) is 10.6. The number of anilines is 1. The Kier molecular flexibility index (Phi) is 5.84. The molecule has 0 radical (unpaired) electrons. The monoisotopic (exact) mass is 427 g/mol. The van der Waals surface area contributed by atoms with Gasteiger partial charge in [-0.15, -0.1) is 0 Å². The summed E-state index contributed by atoms with van der Waals surface area (Å²) in [5.41, 5.74) is 3.19. The fourth-order valence-electron chi connectivity index (χ4n) is 4.31. The molecule has 160 valence electrons. The van der Waals surface area contributed by atoms with E-state index in [0.717, 1.165) is 43.7 Å². The molecule has 0 saturated carbocycles. The number of likely N-dealkylation sites (tertiary alicyclic amines) is 2. The molecule has 30 heavy (non-hydrogen) atoms. The standard InChI is InChI=1S/C23H29N3O3S/c1-17-5-8-20(15-18(17)2)24-30(28,29)22-9-6-19(7-10-22)23(27)26-14-11-21(16-26)25-12-3-4-13-25/h5-10,15,21,24H,3-4,11-14,16H2,1-2H3. The van der Waals surface area contributed by atoms with Crippen LogP contribution in [-0.2, 0) is 10.0 Å². The Bertz CT molecular complexity index is 1030. The second-order valence-electron chi connectivity index (χ2n) is 8.37. The fourth-order valence-corrected chi connectivity index (χ4v) is 5.36. The van der Waals surface area contributed by atoms with E-state index in [0.29, 0.717) is 17.3 Å². The summed E-state index contributed by atoms with van der Waals surface area (Å²) < 4.78 is 28.0. The number of nitrogens with zero attached hydrogens (tertiary/aromatic N) is 2. The van der Waals surface area contributed by atoms with Gasteiger partial charge in [-0.25, -0.2) is 8.42 Å². The lowest BCUT2D eigenvalue weighted by molar-refractivity contribution is 0.0780. The number of hydrogen-bond donors (Lipinski definition) is 1. The Morgan fingerprint density at radius 3 is 2.33 bits per heavy atom. The Hall–Kier alpha value is -2.38. The zero-order chi connectivity index (χ0) is 21.3. The van der Waals surface area contributed by atoms with Gasteiger partial charge in [0, 0.05) is 30.4 Å². The van der Waals surface area contributed by atoms with E-state index in [1.165, 1.54) is 25.0 Å². The van der Waals surface area contributed by atoms with Crippen LogP contribution in [0.1, 0.15) is 40.7 Å². The number of carbonyl (C=O) groups excluding carboxylic acids is 1. The van der Waals surface area contributed by atoms with E-state index in [4.69, 9.17) is 0 Å². The number of benzene rings is 2. The van der Waals surface area contributed by atoms with Crippen molar-refractivity contribution in [1.82, 2.24) is 9.80 Å². The lowest BCUT2D eigenvalue weighted by Crippen LogP contribution is -2.37. The first-order valence-corrected chi connectivity index (χ1v) is 12.1. The molecule has 2 aromatic rings. The zero-order valence-electron chi connectivity index (χ0n) is 17.6. The summed E-state index contributed by atoms with van der Waals surface area (Å²) >= 11 is 0. The minimum atomic E-state index is -3.71. The highest BCUT2D eigenvalue weighted by Crippen LogP contribution is 2.23. The molecule has 4 rings (SSSR count). The van der Waals surface area contributed by atoms with E-state index < -0.39 is 10.0 Å². The number of carbonyl (C=O) groups is 1. The van der Waals surface area contributed by atoms with E-state index in [-0.39, 0.29) is 10.8 Å². The maximum Gasteiger partial charge on any atom is 0.261 e. The van der Waals surface area contributed by atoms with Crippen LogP contribution in [0, 0.1) is 13.8 Å². The van der Waals surface area contributed by atoms with Crippen LogP contribution in [0.25, 0.3) is 0 Å². The lowest BCUT2D eigenvalue weighted by atomic mass is 10.1. The van der Waals surface area contributed by atoms with Crippen molar-refractivity contribution >= 4 is 21.6 Å². The first-order chi connectivity index (χ1) is 14.3. The van der Waals surface area contributed by atoms with Crippen molar-refractivity contribution < 1.29 is 13.2 Å². The van der Waals surface area contributed by atoms with Gasteiger partial charge in [0.05, 0.1) is 4.90 Å². The molecule has 2 aliphatic rings. The molecule has 1 amide bonds. The van der Waals surface area contributed by atoms with E-state index in [1.807, 2.05) is 30.9 Å². The van der Waals surface area contributed by atoms with Crippen molar-refractivity contribution in [2.75, 3.05) is 30.9 Å². The molecular weight excluding hydrogens is 398 g/mol. The Balaban J connectivity index is 1.43. The van der Waals surface area contributed by atoms with Crippen molar-refractivity contribution in [3.05, 3.63) is 59.2 Å². The van der Waals surface area contributed by atoms with Crippen LogP contribution in [0.4, 0.5) is 5.69 Å². The van der Waals surface area contributed by atoms with Gasteiger partial charge in [-0.05, 0) is 93.7 Å². The van der Waals surface area contributed by atoms with Gasteiger partial charge in [-0.3, -0.25) is 14.4 Å². The van der Waals surface area contributed by atoms with Crippen molar-refractivity contribution in [3.8, 4) is 0 Å². The van der Waals surface area contributed by atoms with Crippen LogP contribution in [0.3, 0.4) is 0 Å². The third-order valence-corrected chi connectivity index (χ3v) is 7.68. The molecule has 0 aliphatic carbocycles. The predicted molar refractivity (Wildman–Crippen MR) is 118 cm³/mol. The number of sulfonamides is 1. The van der Waals surface area contributed by atoms with Crippen molar-refractivity contribution in [2.24, 2.45) is 0 Å². The summed E-state index contributed by atoms with van der Waals surface area (Å²) in [5, 5.41) is 0. The van der Waals surface area contributed by atoms with Crippen molar-refractivity contribution in [1.29, 1.82) is 0 Å². The second kappa shape index (κ2) is 8.40. The third kappa shape index (κ3) is 4.37. The summed E-state index contributed by atoms with van der Waals surface area (Å²) in [7, 11) is -3.71. The molecule has 0 bridgehead atoms. The number of rotatable bonds is 5. The molecule has 2 heterocycles. The van der Waals surface area contributed by atoms with Gasteiger partial charge < -0.3 is 4.90 Å². The number of aryl methyl sites for hydroxylation is 2. The lowest BCUT2D eigenvalue weighted by Gasteiger charge is -2.23. The third-order valence-electron chi connectivity index (χ3n) is 6.28. The van der Waals surface area contributed by atoms with Gasteiger partial charge in [-0.2, -0.15) is 0 Å². The molecular formula is C23H29N3O3S. The van der Waals surface area contributed by atoms with E-state index in [2.05, 4.69) is 9.62 Å². The summed E-state index contributed by atoms with van der Waals surface area (Å²) in [6, 6.07) is 12.1. The second-order valence-corrected chi connectivity index (χ2v) is 10.0. The van der Waals surface area contributed by atoms with Crippen molar-refractivity contribution in [3.63, 3.8) is 0 Å². The Morgan fingerprint density at radius 1 is 0.967 bits per heavy atom. The van der Waals surface area contributed by atoms with Crippen LogP contribution in [0.5, 0.6) is 0 Å².